The molecule has 7 rings (SSSR count). The number of ketones is 1. The summed E-state index contributed by atoms with van der Waals surface area (Å²) in [5, 5.41) is 34.9. The van der Waals surface area contributed by atoms with E-state index in [0.29, 0.717) is 11.1 Å². The van der Waals surface area contributed by atoms with Crippen molar-refractivity contribution in [2.45, 2.75) is 93.3 Å². The van der Waals surface area contributed by atoms with Gasteiger partial charge in [-0.15, -0.1) is 0 Å². The van der Waals surface area contributed by atoms with Gasteiger partial charge >= 0.3 is 11.9 Å². The molecule has 3 heterocycles. The second-order valence-corrected chi connectivity index (χ2v) is 13.8. The molecule has 0 unspecified atom stereocenters. The number of epoxide rings is 1. The fraction of sp³-hybridized carbons (Fsp3) is 0.514. The fourth-order valence-corrected chi connectivity index (χ4v) is 9.08. The molecule has 1 aromatic rings. The van der Waals surface area contributed by atoms with E-state index >= 15 is 0 Å². The minimum absolute atomic E-state index is 0.231. The van der Waals surface area contributed by atoms with E-state index in [0.717, 1.165) is 12.8 Å². The van der Waals surface area contributed by atoms with E-state index in [1.54, 1.807) is 56.3 Å². The Morgan fingerprint density at radius 2 is 1.81 bits per heavy atom. The zero-order chi connectivity index (χ0) is 33.6. The summed E-state index contributed by atoms with van der Waals surface area (Å²) in [5.41, 5.74) is -5.90. The molecule has 10 heteroatoms. The van der Waals surface area contributed by atoms with Crippen LogP contribution in [-0.4, -0.2) is 80.5 Å². The molecule has 6 aliphatic rings. The first-order valence-electron chi connectivity index (χ1n) is 16.3. The number of esters is 1. The first-order valence-corrected chi connectivity index (χ1v) is 16.3. The van der Waals surface area contributed by atoms with E-state index in [9.17, 15) is 24.9 Å². The predicted molar refractivity (Wildman–Crippen MR) is 168 cm³/mol. The van der Waals surface area contributed by atoms with E-state index in [1.807, 2.05) is 31.2 Å². The Kier molecular flexibility index (Phi) is 7.50. The van der Waals surface area contributed by atoms with Gasteiger partial charge < -0.3 is 39.0 Å². The van der Waals surface area contributed by atoms with Gasteiger partial charge in [-0.1, -0.05) is 93.6 Å². The molecule has 1 aromatic carbocycles. The Balaban J connectivity index is 1.40. The zero-order valence-electron chi connectivity index (χ0n) is 27.0. The van der Waals surface area contributed by atoms with Crippen LogP contribution in [0.15, 0.2) is 90.6 Å². The molecular formula is C37H42O10. The molecule has 47 heavy (non-hydrogen) atoms. The summed E-state index contributed by atoms with van der Waals surface area (Å²) in [7, 11) is 0. The smallest absolute Gasteiger partial charge is 0.331 e. The number of hydrogen-bond donors (Lipinski definition) is 3. The maximum atomic E-state index is 13.8. The lowest BCUT2D eigenvalue weighted by atomic mass is 9.53. The summed E-state index contributed by atoms with van der Waals surface area (Å²) in [6.07, 6.45) is 9.29. The second kappa shape index (κ2) is 10.9. The highest BCUT2D eigenvalue weighted by atomic mass is 16.9. The number of aliphatic hydroxyl groups is 3. The predicted octanol–water partition coefficient (Wildman–Crippen LogP) is 3.32. The Morgan fingerprint density at radius 3 is 2.49 bits per heavy atom. The van der Waals surface area contributed by atoms with Crippen molar-refractivity contribution in [1.82, 2.24) is 0 Å². The molecule has 12 atom stereocenters. The summed E-state index contributed by atoms with van der Waals surface area (Å²) in [6, 6.07) is 9.01. The van der Waals surface area contributed by atoms with Crippen molar-refractivity contribution < 1.29 is 48.6 Å². The van der Waals surface area contributed by atoms with E-state index in [-0.39, 0.29) is 5.57 Å². The second-order valence-electron chi connectivity index (χ2n) is 13.8. The van der Waals surface area contributed by atoms with E-state index in [4.69, 9.17) is 23.7 Å². The van der Waals surface area contributed by atoms with Crippen LogP contribution in [0.1, 0.15) is 46.1 Å². The normalized spacial score (nSPS) is 46.0. The number of allylic oxidation sites excluding steroid dienone is 5. The monoisotopic (exact) mass is 646 g/mol. The Hall–Kier alpha value is -3.22. The van der Waals surface area contributed by atoms with Crippen molar-refractivity contribution in [2.24, 2.45) is 17.8 Å². The average Bonchev–Trinajstić information content (AvgIpc) is 3.68. The molecule has 3 aliphatic heterocycles. The number of hydrogen-bond acceptors (Lipinski definition) is 10. The van der Waals surface area contributed by atoms with Crippen LogP contribution in [0.25, 0.3) is 0 Å². The van der Waals surface area contributed by atoms with Crippen LogP contribution in [0.3, 0.4) is 0 Å². The topological polar surface area (TPSA) is 144 Å². The first kappa shape index (κ1) is 32.3. The lowest BCUT2D eigenvalue weighted by molar-refractivity contribution is -0.440. The maximum absolute atomic E-state index is 13.8. The summed E-state index contributed by atoms with van der Waals surface area (Å²) >= 11 is 0. The molecule has 10 nitrogen and oxygen atoms in total. The molecule has 5 fully saturated rings. The third-order valence-corrected chi connectivity index (χ3v) is 11.3. The lowest BCUT2D eigenvalue weighted by Crippen LogP contribution is -2.76. The van der Waals surface area contributed by atoms with Crippen molar-refractivity contribution in [1.29, 1.82) is 0 Å². The van der Waals surface area contributed by atoms with Crippen LogP contribution in [0, 0.1) is 17.8 Å². The molecular weight excluding hydrogens is 604 g/mol. The van der Waals surface area contributed by atoms with E-state index in [1.165, 1.54) is 6.08 Å². The maximum Gasteiger partial charge on any atom is 0.331 e. The van der Waals surface area contributed by atoms with Crippen LogP contribution < -0.4 is 0 Å². The van der Waals surface area contributed by atoms with Gasteiger partial charge in [0.15, 0.2) is 17.0 Å². The van der Waals surface area contributed by atoms with Gasteiger partial charge in [0.1, 0.15) is 30.0 Å². The van der Waals surface area contributed by atoms with Crippen molar-refractivity contribution in [3.63, 3.8) is 0 Å². The number of aliphatic hydroxyl groups excluding tert-OH is 2. The van der Waals surface area contributed by atoms with Gasteiger partial charge in [-0.25, -0.2) is 4.79 Å². The number of Topliss-reactive ketones (excluding diaryl/α,β-unsaturated/α-hetero) is 1. The number of carbonyl (C=O) groups is 2. The largest absolute Gasteiger partial charge is 0.455 e. The molecule has 250 valence electrons. The molecule has 3 saturated heterocycles. The van der Waals surface area contributed by atoms with Crippen LogP contribution in [0.4, 0.5) is 0 Å². The third-order valence-electron chi connectivity index (χ3n) is 11.3. The molecule has 2 saturated carbocycles. The molecule has 0 spiro atoms. The Labute approximate surface area is 274 Å². The van der Waals surface area contributed by atoms with Gasteiger partial charge in [0.05, 0.1) is 12.2 Å². The minimum atomic E-state index is -2.42. The van der Waals surface area contributed by atoms with Crippen LogP contribution in [0.2, 0.25) is 0 Å². The van der Waals surface area contributed by atoms with E-state index < -0.39 is 88.9 Å². The highest BCUT2D eigenvalue weighted by molar-refractivity contribution is 6.05. The van der Waals surface area contributed by atoms with Crippen molar-refractivity contribution >= 4 is 11.8 Å². The van der Waals surface area contributed by atoms with Gasteiger partial charge in [-0.05, 0) is 31.4 Å². The van der Waals surface area contributed by atoms with Crippen LogP contribution in [-0.2, 0) is 39.2 Å². The lowest BCUT2D eigenvalue weighted by Gasteiger charge is -2.61. The Morgan fingerprint density at radius 1 is 1.09 bits per heavy atom. The number of ether oxygens (including phenoxy) is 5. The highest BCUT2D eigenvalue weighted by Gasteiger charge is 2.90. The van der Waals surface area contributed by atoms with Gasteiger partial charge in [0.2, 0.25) is 0 Å². The number of rotatable bonds is 9. The van der Waals surface area contributed by atoms with Crippen molar-refractivity contribution in [3.8, 4) is 0 Å². The van der Waals surface area contributed by atoms with Gasteiger partial charge in [0, 0.05) is 29.4 Å². The van der Waals surface area contributed by atoms with Gasteiger partial charge in [-0.2, -0.15) is 0 Å². The molecule has 3 bridgehead atoms. The minimum Gasteiger partial charge on any atom is -0.455 e. The van der Waals surface area contributed by atoms with Crippen molar-refractivity contribution in [2.75, 3.05) is 6.61 Å². The number of carbonyl (C=O) groups excluding carboxylic acids is 2. The summed E-state index contributed by atoms with van der Waals surface area (Å²) in [5.74, 6) is -5.92. The molecule has 0 aromatic heterocycles. The quantitative estimate of drug-likeness (QED) is 0.120. The molecule has 3 aliphatic carbocycles. The number of unbranched alkanes of at least 4 members (excludes halogenated alkanes) is 1. The summed E-state index contributed by atoms with van der Waals surface area (Å²) in [4.78, 5) is 27.4. The highest BCUT2D eigenvalue weighted by Crippen LogP contribution is 2.74. The van der Waals surface area contributed by atoms with Crippen LogP contribution in [0.5, 0.6) is 0 Å². The Bertz CT molecular complexity index is 1610. The first-order chi connectivity index (χ1) is 22.4. The number of fused-ring (bicyclic) bond motifs is 3. The standard InChI is InChI=1S/C37H42O10/c1-6-7-8-9-10-11-15-18-26(39)43-29-23(5)36-25-19-22(4)28(40)34(25,42)32(41)33(20-38)30(44-33)27(36)31-35(29,21(2)3)46-37(45-31,47-36)24-16-13-12-14-17-24/h8-19,23,25,27,29-32,38,41-42H,2,6-7,20H2,1,3-5H3/b9-8+,11-10+,18-15+/t23-,25-,27+,29-,30+,31-,32-,33+,34-,35-,36+,37-/m1/s1. The van der Waals surface area contributed by atoms with Crippen molar-refractivity contribution in [3.05, 3.63) is 96.2 Å². The fourth-order valence-electron chi connectivity index (χ4n) is 9.08. The third kappa shape index (κ3) is 4.04. The van der Waals surface area contributed by atoms with Gasteiger partial charge in [0.25, 0.3) is 0 Å². The van der Waals surface area contributed by atoms with Crippen LogP contribution >= 0.6 is 0 Å². The SMILES string of the molecule is C=C(C)[C@]12O[C@@]3(c4ccccc4)O[C@@H]1[C@@H]1[C@@H]4O[C@]4(CO)[C@@H](O)[C@]4(O)C(=O)C(C)=C[C@H]4[C@@]1(O3)[C@H](C)[C@H]2OC(=O)/C=C/C=C/C=C/CCC. The van der Waals surface area contributed by atoms with Gasteiger partial charge in [-0.3, -0.25) is 4.79 Å². The summed E-state index contributed by atoms with van der Waals surface area (Å²) in [6.45, 7) is 10.9. The summed E-state index contributed by atoms with van der Waals surface area (Å²) < 4.78 is 33.3. The number of benzene rings is 1. The molecule has 3 N–H and O–H groups in total. The zero-order valence-corrected chi connectivity index (χ0v) is 27.0. The van der Waals surface area contributed by atoms with E-state index in [2.05, 4.69) is 13.5 Å². The average molecular weight is 647 g/mol. The molecule has 0 amide bonds. The molecule has 0 radical (unpaired) electrons.